The third-order valence-electron chi connectivity index (χ3n) is 3.28. The van der Waals surface area contributed by atoms with Crippen LogP contribution in [0, 0.1) is 12.8 Å². The van der Waals surface area contributed by atoms with E-state index in [1.165, 1.54) is 12.8 Å². The second kappa shape index (κ2) is 3.73. The molecule has 0 aliphatic heterocycles. The van der Waals surface area contributed by atoms with Gasteiger partial charge in [0.25, 0.3) is 0 Å². The summed E-state index contributed by atoms with van der Waals surface area (Å²) in [7, 11) is 1.92. The maximum Gasteiger partial charge on any atom is 0.101 e. The summed E-state index contributed by atoms with van der Waals surface area (Å²) in [5.74, 6) is 0.435. The van der Waals surface area contributed by atoms with Gasteiger partial charge in [0.1, 0.15) is 6.10 Å². The second-order valence-electron chi connectivity index (χ2n) is 4.32. The Morgan fingerprint density at radius 2 is 2.14 bits per heavy atom. The third-order valence-corrected chi connectivity index (χ3v) is 3.28. The lowest BCUT2D eigenvalue weighted by atomic mass is 9.98. The first kappa shape index (κ1) is 9.71. The maximum absolute atomic E-state index is 10.1. The van der Waals surface area contributed by atoms with Gasteiger partial charge in [-0.15, -0.1) is 0 Å². The summed E-state index contributed by atoms with van der Waals surface area (Å²) >= 11 is 0. The van der Waals surface area contributed by atoms with E-state index in [-0.39, 0.29) is 6.10 Å². The van der Waals surface area contributed by atoms with Crippen LogP contribution in [0.15, 0.2) is 6.07 Å². The zero-order valence-electron chi connectivity index (χ0n) is 8.90. The van der Waals surface area contributed by atoms with E-state index in [1.807, 2.05) is 24.7 Å². The Morgan fingerprint density at radius 1 is 1.50 bits per heavy atom. The second-order valence-corrected chi connectivity index (χ2v) is 4.32. The van der Waals surface area contributed by atoms with E-state index in [4.69, 9.17) is 0 Å². The van der Waals surface area contributed by atoms with Crippen molar-refractivity contribution in [2.24, 2.45) is 13.0 Å². The first-order valence-corrected chi connectivity index (χ1v) is 5.37. The molecule has 0 bridgehead atoms. The Bertz CT molecular complexity index is 294. The summed E-state index contributed by atoms with van der Waals surface area (Å²) in [4.78, 5) is 0. The van der Waals surface area contributed by atoms with E-state index < -0.39 is 0 Å². The molecule has 0 saturated heterocycles. The smallest absolute Gasteiger partial charge is 0.101 e. The van der Waals surface area contributed by atoms with Crippen LogP contribution in [0.2, 0.25) is 0 Å². The molecular weight excluding hydrogens is 176 g/mol. The van der Waals surface area contributed by atoms with Crippen molar-refractivity contribution in [1.29, 1.82) is 0 Å². The van der Waals surface area contributed by atoms with E-state index in [1.54, 1.807) is 0 Å². The van der Waals surface area contributed by atoms with Gasteiger partial charge in [-0.05, 0) is 31.7 Å². The Hall–Kier alpha value is -0.830. The van der Waals surface area contributed by atoms with Crippen molar-refractivity contribution in [2.75, 3.05) is 0 Å². The minimum atomic E-state index is -0.350. The predicted octanol–water partition coefficient (Wildman–Crippen LogP) is 1.95. The van der Waals surface area contributed by atoms with E-state index >= 15 is 0 Å². The highest BCUT2D eigenvalue weighted by Gasteiger charge is 2.26. The van der Waals surface area contributed by atoms with Gasteiger partial charge in [-0.3, -0.25) is 4.68 Å². The van der Waals surface area contributed by atoms with Crippen molar-refractivity contribution in [1.82, 2.24) is 9.78 Å². The van der Waals surface area contributed by atoms with E-state index in [0.29, 0.717) is 5.92 Å². The molecule has 1 aliphatic carbocycles. The average Bonchev–Trinajstić information content (AvgIpc) is 2.76. The van der Waals surface area contributed by atoms with Gasteiger partial charge in [-0.1, -0.05) is 12.8 Å². The average molecular weight is 194 g/mol. The highest BCUT2D eigenvalue weighted by Crippen LogP contribution is 2.35. The van der Waals surface area contributed by atoms with E-state index in [9.17, 15) is 5.11 Å². The highest BCUT2D eigenvalue weighted by molar-refractivity contribution is 5.12. The molecule has 14 heavy (non-hydrogen) atoms. The summed E-state index contributed by atoms with van der Waals surface area (Å²) in [5.41, 5.74) is 1.95. The van der Waals surface area contributed by atoms with Crippen LogP contribution in [0.1, 0.15) is 43.2 Å². The molecule has 0 unspecified atom stereocenters. The molecule has 3 heteroatoms. The molecule has 3 nitrogen and oxygen atoms in total. The molecular formula is C11H18N2O. The fourth-order valence-electron chi connectivity index (χ4n) is 2.25. The first-order chi connectivity index (χ1) is 6.68. The Kier molecular flexibility index (Phi) is 2.59. The van der Waals surface area contributed by atoms with Crippen LogP contribution in [0.4, 0.5) is 0 Å². The van der Waals surface area contributed by atoms with Gasteiger partial charge in [-0.25, -0.2) is 0 Å². The van der Waals surface area contributed by atoms with Gasteiger partial charge >= 0.3 is 0 Å². The molecule has 0 aromatic carbocycles. The lowest BCUT2D eigenvalue weighted by molar-refractivity contribution is 0.107. The van der Waals surface area contributed by atoms with Crippen molar-refractivity contribution >= 4 is 0 Å². The summed E-state index contributed by atoms with van der Waals surface area (Å²) < 4.78 is 1.83. The molecule has 1 aliphatic rings. The maximum atomic E-state index is 10.1. The van der Waals surface area contributed by atoms with Crippen molar-refractivity contribution in [3.8, 4) is 0 Å². The normalized spacial score (nSPS) is 20.2. The fraction of sp³-hybridized carbons (Fsp3) is 0.727. The molecule has 1 saturated carbocycles. The molecule has 0 spiro atoms. The van der Waals surface area contributed by atoms with Crippen molar-refractivity contribution in [3.63, 3.8) is 0 Å². The molecule has 1 aromatic rings. The number of aryl methyl sites for hydroxylation is 2. The number of hydrogen-bond acceptors (Lipinski definition) is 2. The molecule has 1 aromatic heterocycles. The zero-order chi connectivity index (χ0) is 10.1. The lowest BCUT2D eigenvalue weighted by Gasteiger charge is -2.14. The van der Waals surface area contributed by atoms with E-state index in [0.717, 1.165) is 24.2 Å². The van der Waals surface area contributed by atoms with Crippen LogP contribution >= 0.6 is 0 Å². The summed E-state index contributed by atoms with van der Waals surface area (Å²) in [6, 6.07) is 1.99. The van der Waals surface area contributed by atoms with Gasteiger partial charge in [0.05, 0.1) is 5.69 Å². The molecule has 0 amide bonds. The molecule has 0 radical (unpaired) electrons. The number of rotatable bonds is 2. The highest BCUT2D eigenvalue weighted by atomic mass is 16.3. The standard InChI is InChI=1S/C11H18N2O/c1-8-7-10(12-13(8)2)11(14)9-5-3-4-6-9/h7,9,11,14H,3-6H2,1-2H3/t11-/m0/s1. The Balaban J connectivity index is 2.13. The molecule has 1 atom stereocenters. The van der Waals surface area contributed by atoms with Crippen LogP contribution < -0.4 is 0 Å². The quantitative estimate of drug-likeness (QED) is 0.781. The summed E-state index contributed by atoms with van der Waals surface area (Å²) in [5, 5.41) is 14.4. The first-order valence-electron chi connectivity index (χ1n) is 5.37. The Morgan fingerprint density at radius 3 is 2.64 bits per heavy atom. The predicted molar refractivity (Wildman–Crippen MR) is 54.9 cm³/mol. The van der Waals surface area contributed by atoms with Crippen LogP contribution in [-0.4, -0.2) is 14.9 Å². The number of hydrogen-bond donors (Lipinski definition) is 1. The molecule has 78 valence electrons. The van der Waals surface area contributed by atoms with Crippen LogP contribution in [0.5, 0.6) is 0 Å². The third kappa shape index (κ3) is 1.69. The monoisotopic (exact) mass is 194 g/mol. The molecule has 1 heterocycles. The van der Waals surface area contributed by atoms with Crippen molar-refractivity contribution in [2.45, 2.75) is 38.7 Å². The van der Waals surface area contributed by atoms with Gasteiger partial charge in [0.15, 0.2) is 0 Å². The minimum absolute atomic E-state index is 0.350. The van der Waals surface area contributed by atoms with Crippen LogP contribution in [0.3, 0.4) is 0 Å². The minimum Gasteiger partial charge on any atom is -0.386 e. The molecule has 2 rings (SSSR count). The fourth-order valence-corrected chi connectivity index (χ4v) is 2.25. The number of nitrogens with zero attached hydrogens (tertiary/aromatic N) is 2. The van der Waals surface area contributed by atoms with Gasteiger partial charge in [0, 0.05) is 12.7 Å². The van der Waals surface area contributed by atoms with Crippen LogP contribution in [-0.2, 0) is 7.05 Å². The number of aromatic nitrogens is 2. The summed E-state index contributed by atoms with van der Waals surface area (Å²) in [6.45, 7) is 2.01. The van der Waals surface area contributed by atoms with Gasteiger partial charge in [0.2, 0.25) is 0 Å². The molecule has 1 fully saturated rings. The van der Waals surface area contributed by atoms with Crippen molar-refractivity contribution in [3.05, 3.63) is 17.5 Å². The number of aliphatic hydroxyl groups is 1. The van der Waals surface area contributed by atoms with Gasteiger partial charge < -0.3 is 5.11 Å². The Labute approximate surface area is 84.7 Å². The molecule has 1 N–H and O–H groups in total. The lowest BCUT2D eigenvalue weighted by Crippen LogP contribution is -2.09. The topological polar surface area (TPSA) is 38.1 Å². The van der Waals surface area contributed by atoms with E-state index in [2.05, 4.69) is 5.10 Å². The van der Waals surface area contributed by atoms with Gasteiger partial charge in [-0.2, -0.15) is 5.10 Å². The largest absolute Gasteiger partial charge is 0.386 e. The zero-order valence-corrected chi connectivity index (χ0v) is 8.90. The SMILES string of the molecule is Cc1cc([C@@H](O)C2CCCC2)nn1C. The van der Waals surface area contributed by atoms with Crippen molar-refractivity contribution < 1.29 is 5.11 Å². The van der Waals surface area contributed by atoms with Crippen LogP contribution in [0.25, 0.3) is 0 Å². The summed E-state index contributed by atoms with van der Waals surface area (Å²) in [6.07, 6.45) is 4.46. The number of aliphatic hydroxyl groups excluding tert-OH is 1.